The van der Waals surface area contributed by atoms with Crippen molar-refractivity contribution in [3.63, 3.8) is 0 Å². The smallest absolute Gasteiger partial charge is 0.376 e. The van der Waals surface area contributed by atoms with Crippen molar-refractivity contribution < 1.29 is 13.2 Å². The van der Waals surface area contributed by atoms with E-state index >= 15 is 0 Å². The molecule has 0 amide bonds. The Labute approximate surface area is 256 Å². The van der Waals surface area contributed by atoms with E-state index in [1.807, 2.05) is 26.0 Å². The first-order valence-corrected chi connectivity index (χ1v) is 15.2. The lowest BCUT2D eigenvalue weighted by Crippen LogP contribution is -2.32. The molecule has 0 bridgehead atoms. The molecule has 2 aliphatic rings. The second-order valence-corrected chi connectivity index (χ2v) is 12.8. The zero-order valence-corrected chi connectivity index (χ0v) is 25.7. The Morgan fingerprint density at radius 3 is 2.30 bits per heavy atom. The van der Waals surface area contributed by atoms with E-state index in [9.17, 15) is 13.2 Å². The van der Waals surface area contributed by atoms with Gasteiger partial charge in [0.2, 0.25) is 0 Å². The van der Waals surface area contributed by atoms with Gasteiger partial charge in [0.15, 0.2) is 0 Å². The van der Waals surface area contributed by atoms with Crippen LogP contribution in [0.4, 0.5) is 18.9 Å². The molecular formula is C38H35ClF3N. The number of hydrogen-bond donors (Lipinski definition) is 1. The van der Waals surface area contributed by atoms with Gasteiger partial charge >= 0.3 is 6.18 Å². The SMILES string of the molecule is CC1=CC(C)(C)Nc2c(C)cc(-c3ccccc3C(F)(F)F)cc21.Clc1cc2ccccc2c2ccc3c(c12)CCCC3. The van der Waals surface area contributed by atoms with E-state index < -0.39 is 11.7 Å². The van der Waals surface area contributed by atoms with E-state index in [1.165, 1.54) is 70.5 Å². The van der Waals surface area contributed by atoms with E-state index in [0.29, 0.717) is 5.56 Å². The Hall–Kier alpha value is -3.76. The molecule has 0 atom stereocenters. The molecule has 0 spiro atoms. The van der Waals surface area contributed by atoms with Crippen molar-refractivity contribution in [3.8, 4) is 11.1 Å². The van der Waals surface area contributed by atoms with Gasteiger partial charge in [-0.2, -0.15) is 13.2 Å². The van der Waals surface area contributed by atoms with Crippen molar-refractivity contribution in [2.24, 2.45) is 0 Å². The molecule has 0 aromatic heterocycles. The Kier molecular flexibility index (Phi) is 7.54. The minimum atomic E-state index is -4.37. The second kappa shape index (κ2) is 11.1. The second-order valence-electron chi connectivity index (χ2n) is 12.3. The summed E-state index contributed by atoms with van der Waals surface area (Å²) in [5.74, 6) is 0. The summed E-state index contributed by atoms with van der Waals surface area (Å²) < 4.78 is 40.0. The maximum atomic E-state index is 13.3. The molecule has 0 saturated heterocycles. The molecule has 1 heterocycles. The molecule has 1 nitrogen and oxygen atoms in total. The fraction of sp³-hybridized carbons (Fsp3) is 0.263. The van der Waals surface area contributed by atoms with Crippen LogP contribution in [-0.4, -0.2) is 5.54 Å². The van der Waals surface area contributed by atoms with E-state index in [1.54, 1.807) is 6.07 Å². The number of nitrogens with one attached hydrogen (secondary N) is 1. The molecule has 0 unspecified atom stereocenters. The standard InChI is InChI=1S/C20H20F3N.C18H15Cl/c1-12-9-14(15-7-5-6-8-17(15)20(21,22)23)10-16-13(2)11-19(3,4)24-18(12)16;19-17-11-13-6-2-3-7-14(13)16-10-9-12-5-1-4-8-15(12)18(16)17/h5-11,24H,1-4H3;2-3,6-7,9-11H,1,4-5,8H2. The van der Waals surface area contributed by atoms with Crippen LogP contribution in [0.25, 0.3) is 38.2 Å². The lowest BCUT2D eigenvalue weighted by atomic mass is 9.86. The number of anilines is 1. The molecule has 5 aromatic rings. The van der Waals surface area contributed by atoms with Crippen molar-refractivity contribution in [2.45, 2.75) is 65.1 Å². The fourth-order valence-electron chi connectivity index (χ4n) is 6.78. The van der Waals surface area contributed by atoms with Gasteiger partial charge in [0.05, 0.1) is 11.1 Å². The summed E-state index contributed by atoms with van der Waals surface area (Å²) in [6, 6.07) is 24.6. The molecule has 0 fully saturated rings. The van der Waals surface area contributed by atoms with Gasteiger partial charge < -0.3 is 5.32 Å². The van der Waals surface area contributed by atoms with E-state index in [4.69, 9.17) is 11.6 Å². The van der Waals surface area contributed by atoms with Crippen molar-refractivity contribution in [3.05, 3.63) is 118 Å². The number of alkyl halides is 3. The van der Waals surface area contributed by atoms with Crippen LogP contribution < -0.4 is 5.32 Å². The summed E-state index contributed by atoms with van der Waals surface area (Å²) in [4.78, 5) is 0. The van der Waals surface area contributed by atoms with Crippen molar-refractivity contribution in [1.82, 2.24) is 0 Å². The first-order chi connectivity index (χ1) is 20.4. The molecular weight excluding hydrogens is 563 g/mol. The Morgan fingerprint density at radius 2 is 1.51 bits per heavy atom. The maximum Gasteiger partial charge on any atom is 0.417 e. The molecule has 1 aliphatic heterocycles. The number of allylic oxidation sites excluding steroid dienone is 1. The zero-order valence-electron chi connectivity index (χ0n) is 24.9. The zero-order chi connectivity index (χ0) is 30.5. The first kappa shape index (κ1) is 29.3. The number of hydrogen-bond acceptors (Lipinski definition) is 1. The topological polar surface area (TPSA) is 12.0 Å². The summed E-state index contributed by atoms with van der Waals surface area (Å²) in [6.45, 7) is 8.08. The van der Waals surface area contributed by atoms with Gasteiger partial charge in [-0.25, -0.2) is 0 Å². The largest absolute Gasteiger partial charge is 0.417 e. The molecule has 0 saturated carbocycles. The number of benzene rings is 5. The van der Waals surface area contributed by atoms with Crippen molar-refractivity contribution >= 4 is 44.4 Å². The minimum absolute atomic E-state index is 0.173. The molecule has 5 heteroatoms. The number of fused-ring (bicyclic) bond motifs is 6. The molecule has 7 rings (SSSR count). The van der Waals surface area contributed by atoms with Gasteiger partial charge in [0, 0.05) is 21.7 Å². The Bertz CT molecular complexity index is 1900. The highest BCUT2D eigenvalue weighted by molar-refractivity contribution is 6.38. The van der Waals surface area contributed by atoms with Crippen LogP contribution in [0.1, 0.15) is 61.4 Å². The van der Waals surface area contributed by atoms with Crippen LogP contribution in [0.2, 0.25) is 5.02 Å². The highest BCUT2D eigenvalue weighted by Gasteiger charge is 2.34. The molecule has 5 aromatic carbocycles. The van der Waals surface area contributed by atoms with E-state index in [0.717, 1.165) is 33.5 Å². The third kappa shape index (κ3) is 5.65. The van der Waals surface area contributed by atoms with Gasteiger partial charge in [-0.05, 0) is 127 Å². The summed E-state index contributed by atoms with van der Waals surface area (Å²) in [7, 11) is 0. The van der Waals surface area contributed by atoms with Gasteiger partial charge in [-0.3, -0.25) is 0 Å². The molecule has 220 valence electrons. The molecule has 43 heavy (non-hydrogen) atoms. The maximum absolute atomic E-state index is 13.3. The van der Waals surface area contributed by atoms with Crippen LogP contribution >= 0.6 is 11.6 Å². The number of aryl methyl sites for hydroxylation is 3. The van der Waals surface area contributed by atoms with Crippen LogP contribution in [-0.2, 0) is 19.0 Å². The normalized spacial score (nSPS) is 15.6. The molecule has 1 N–H and O–H groups in total. The first-order valence-electron chi connectivity index (χ1n) is 14.8. The summed E-state index contributed by atoms with van der Waals surface area (Å²) >= 11 is 6.57. The van der Waals surface area contributed by atoms with Crippen molar-refractivity contribution in [2.75, 3.05) is 5.32 Å². The molecule has 1 aliphatic carbocycles. The monoisotopic (exact) mass is 597 g/mol. The van der Waals surface area contributed by atoms with Gasteiger partial charge in [-0.15, -0.1) is 0 Å². The third-order valence-corrected chi connectivity index (χ3v) is 8.93. The summed E-state index contributed by atoms with van der Waals surface area (Å²) in [6.07, 6.45) is 2.71. The van der Waals surface area contributed by atoms with Crippen LogP contribution in [0, 0.1) is 6.92 Å². The summed E-state index contributed by atoms with van der Waals surface area (Å²) in [5, 5.41) is 9.52. The van der Waals surface area contributed by atoms with E-state index in [-0.39, 0.29) is 11.1 Å². The van der Waals surface area contributed by atoms with Gasteiger partial charge in [0.1, 0.15) is 0 Å². The van der Waals surface area contributed by atoms with Gasteiger partial charge in [-0.1, -0.05) is 72.3 Å². The predicted octanol–water partition coefficient (Wildman–Crippen LogP) is 11.8. The van der Waals surface area contributed by atoms with Crippen LogP contribution in [0.5, 0.6) is 0 Å². The lowest BCUT2D eigenvalue weighted by molar-refractivity contribution is -0.137. The number of rotatable bonds is 1. The average molecular weight is 598 g/mol. The van der Waals surface area contributed by atoms with Crippen LogP contribution in [0.3, 0.4) is 0 Å². The number of halogens is 4. The summed E-state index contributed by atoms with van der Waals surface area (Å²) in [5.41, 5.74) is 6.98. The van der Waals surface area contributed by atoms with Crippen LogP contribution in [0.15, 0.2) is 84.9 Å². The Balaban J connectivity index is 0.000000157. The quantitative estimate of drug-likeness (QED) is 0.189. The van der Waals surface area contributed by atoms with Crippen molar-refractivity contribution in [1.29, 1.82) is 0 Å². The third-order valence-electron chi connectivity index (χ3n) is 8.63. The average Bonchev–Trinajstić information content (AvgIpc) is 2.97. The van der Waals surface area contributed by atoms with Gasteiger partial charge in [0.25, 0.3) is 0 Å². The molecule has 0 radical (unpaired) electrons. The fourth-order valence-corrected chi connectivity index (χ4v) is 7.11. The highest BCUT2D eigenvalue weighted by atomic mass is 35.5. The predicted molar refractivity (Wildman–Crippen MR) is 176 cm³/mol. The van der Waals surface area contributed by atoms with E-state index in [2.05, 4.69) is 67.7 Å². The Morgan fingerprint density at radius 1 is 0.791 bits per heavy atom. The minimum Gasteiger partial charge on any atom is -0.376 e. The highest BCUT2D eigenvalue weighted by Crippen LogP contribution is 2.42. The lowest BCUT2D eigenvalue weighted by Gasteiger charge is -2.33.